The largest absolute Gasteiger partial charge is 0.343 e. The van der Waals surface area contributed by atoms with Crippen LogP contribution in [0.1, 0.15) is 22.8 Å². The Labute approximate surface area is 175 Å². The van der Waals surface area contributed by atoms with Crippen molar-refractivity contribution in [3.63, 3.8) is 0 Å². The Kier molecular flexibility index (Phi) is 6.60. The molecule has 3 aromatic carbocycles. The first-order valence-electron chi connectivity index (χ1n) is 9.54. The number of rotatable bonds is 6. The molecule has 0 aliphatic heterocycles. The Balaban J connectivity index is 1.54. The minimum absolute atomic E-state index is 0.147. The van der Waals surface area contributed by atoms with E-state index in [1.54, 1.807) is 30.3 Å². The summed E-state index contributed by atoms with van der Waals surface area (Å²) in [7, 11) is 0. The standard InChI is InChI=1S/C24H23N3O3/c1-16-14-21(12-13-22(16)26-17(2)28)27-23(29)15-25-24(30)20-10-8-19(9-11-20)18-6-4-3-5-7-18/h3-14H,15H2,1-2H3,(H,25,30)(H,26,28)(H,27,29). The lowest BCUT2D eigenvalue weighted by Gasteiger charge is -2.11. The number of amides is 3. The molecule has 3 aromatic rings. The first-order valence-corrected chi connectivity index (χ1v) is 9.54. The second-order valence-electron chi connectivity index (χ2n) is 6.89. The second-order valence-corrected chi connectivity index (χ2v) is 6.89. The molecule has 0 spiro atoms. The molecule has 0 saturated carbocycles. The maximum atomic E-state index is 12.3. The quantitative estimate of drug-likeness (QED) is 0.584. The topological polar surface area (TPSA) is 87.3 Å². The van der Waals surface area contributed by atoms with Gasteiger partial charge in [0.15, 0.2) is 0 Å². The van der Waals surface area contributed by atoms with Crippen molar-refractivity contribution in [2.24, 2.45) is 0 Å². The summed E-state index contributed by atoms with van der Waals surface area (Å²) in [4.78, 5) is 35.6. The maximum absolute atomic E-state index is 12.3. The monoisotopic (exact) mass is 401 g/mol. The molecule has 0 aliphatic carbocycles. The normalized spacial score (nSPS) is 10.2. The van der Waals surface area contributed by atoms with Crippen molar-refractivity contribution in [2.45, 2.75) is 13.8 Å². The molecule has 3 amide bonds. The van der Waals surface area contributed by atoms with Crippen molar-refractivity contribution in [1.29, 1.82) is 0 Å². The van der Waals surface area contributed by atoms with E-state index >= 15 is 0 Å². The van der Waals surface area contributed by atoms with E-state index in [0.717, 1.165) is 16.7 Å². The molecule has 152 valence electrons. The summed E-state index contributed by atoms with van der Waals surface area (Å²) in [6.45, 7) is 3.13. The summed E-state index contributed by atoms with van der Waals surface area (Å²) < 4.78 is 0. The number of aryl methyl sites for hydroxylation is 1. The molecule has 6 nitrogen and oxygen atoms in total. The molecule has 0 heterocycles. The third-order valence-electron chi connectivity index (χ3n) is 4.48. The lowest BCUT2D eigenvalue weighted by Crippen LogP contribution is -2.32. The minimum Gasteiger partial charge on any atom is -0.343 e. The van der Waals surface area contributed by atoms with Crippen molar-refractivity contribution >= 4 is 29.1 Å². The summed E-state index contributed by atoms with van der Waals surface area (Å²) in [6, 6.07) is 22.3. The van der Waals surface area contributed by atoms with Crippen LogP contribution in [0.4, 0.5) is 11.4 Å². The highest BCUT2D eigenvalue weighted by Crippen LogP contribution is 2.20. The van der Waals surface area contributed by atoms with Crippen molar-refractivity contribution in [3.8, 4) is 11.1 Å². The van der Waals surface area contributed by atoms with E-state index < -0.39 is 0 Å². The first kappa shape index (κ1) is 20.8. The molecular weight excluding hydrogens is 378 g/mol. The van der Waals surface area contributed by atoms with Gasteiger partial charge in [0.05, 0.1) is 6.54 Å². The zero-order chi connectivity index (χ0) is 21.5. The Morgan fingerprint density at radius 2 is 1.47 bits per heavy atom. The highest BCUT2D eigenvalue weighted by molar-refractivity contribution is 5.99. The van der Waals surface area contributed by atoms with Gasteiger partial charge in [-0.2, -0.15) is 0 Å². The predicted octanol–water partition coefficient (Wildman–Crippen LogP) is 3.99. The van der Waals surface area contributed by atoms with Crippen LogP contribution in [0.3, 0.4) is 0 Å². The number of carbonyl (C=O) groups excluding carboxylic acids is 3. The molecule has 3 N–H and O–H groups in total. The van der Waals surface area contributed by atoms with E-state index in [1.165, 1.54) is 6.92 Å². The van der Waals surface area contributed by atoms with Crippen molar-refractivity contribution in [3.05, 3.63) is 83.9 Å². The number of nitrogens with one attached hydrogen (secondary N) is 3. The van der Waals surface area contributed by atoms with Crippen molar-refractivity contribution in [2.75, 3.05) is 17.2 Å². The highest BCUT2D eigenvalue weighted by atomic mass is 16.2. The fourth-order valence-electron chi connectivity index (χ4n) is 2.98. The van der Waals surface area contributed by atoms with Gasteiger partial charge in [-0.3, -0.25) is 14.4 Å². The van der Waals surface area contributed by atoms with Crippen LogP contribution < -0.4 is 16.0 Å². The summed E-state index contributed by atoms with van der Waals surface area (Å²) in [5.74, 6) is -0.813. The van der Waals surface area contributed by atoms with Gasteiger partial charge in [-0.25, -0.2) is 0 Å². The number of benzene rings is 3. The van der Waals surface area contributed by atoms with Crippen molar-refractivity contribution in [1.82, 2.24) is 5.32 Å². The molecule has 6 heteroatoms. The summed E-state index contributed by atoms with van der Waals surface area (Å²) in [6.07, 6.45) is 0. The average molecular weight is 401 g/mol. The summed E-state index contributed by atoms with van der Waals surface area (Å²) in [5.41, 5.74) is 4.68. The van der Waals surface area contributed by atoms with Crippen LogP contribution in [0, 0.1) is 6.92 Å². The van der Waals surface area contributed by atoms with Gasteiger partial charge in [0.25, 0.3) is 5.91 Å². The van der Waals surface area contributed by atoms with E-state index in [0.29, 0.717) is 16.9 Å². The van der Waals surface area contributed by atoms with Crippen LogP contribution in [0.15, 0.2) is 72.8 Å². The van der Waals surface area contributed by atoms with Crippen LogP contribution in [0.5, 0.6) is 0 Å². The van der Waals surface area contributed by atoms with Gasteiger partial charge in [-0.05, 0) is 53.9 Å². The maximum Gasteiger partial charge on any atom is 0.251 e. The van der Waals surface area contributed by atoms with Gasteiger partial charge in [0.1, 0.15) is 0 Å². The zero-order valence-corrected chi connectivity index (χ0v) is 16.9. The Morgan fingerprint density at radius 3 is 2.10 bits per heavy atom. The smallest absolute Gasteiger partial charge is 0.251 e. The third kappa shape index (κ3) is 5.54. The van der Waals surface area contributed by atoms with E-state index in [2.05, 4.69) is 16.0 Å². The lowest BCUT2D eigenvalue weighted by molar-refractivity contribution is -0.115. The highest BCUT2D eigenvalue weighted by Gasteiger charge is 2.10. The number of hydrogen-bond acceptors (Lipinski definition) is 3. The molecule has 0 bridgehead atoms. The Hall–Kier alpha value is -3.93. The molecular formula is C24H23N3O3. The Bertz CT molecular complexity index is 1060. The summed E-state index contributed by atoms with van der Waals surface area (Å²) in [5, 5.41) is 8.07. The molecule has 0 aromatic heterocycles. The lowest BCUT2D eigenvalue weighted by atomic mass is 10.0. The van der Waals surface area contributed by atoms with E-state index in [1.807, 2.05) is 49.4 Å². The fourth-order valence-corrected chi connectivity index (χ4v) is 2.98. The van der Waals surface area contributed by atoms with Gasteiger partial charge in [-0.15, -0.1) is 0 Å². The van der Waals surface area contributed by atoms with Crippen LogP contribution in [-0.4, -0.2) is 24.3 Å². The van der Waals surface area contributed by atoms with Gasteiger partial charge in [0, 0.05) is 23.9 Å². The van der Waals surface area contributed by atoms with Gasteiger partial charge >= 0.3 is 0 Å². The number of carbonyl (C=O) groups is 3. The first-order chi connectivity index (χ1) is 14.4. The van der Waals surface area contributed by atoms with Crippen LogP contribution in [0.2, 0.25) is 0 Å². The molecule has 0 saturated heterocycles. The van der Waals surface area contributed by atoms with Crippen LogP contribution in [0.25, 0.3) is 11.1 Å². The second kappa shape index (κ2) is 9.52. The number of hydrogen-bond donors (Lipinski definition) is 3. The zero-order valence-electron chi connectivity index (χ0n) is 16.9. The SMILES string of the molecule is CC(=O)Nc1ccc(NC(=O)CNC(=O)c2ccc(-c3ccccc3)cc2)cc1C. The predicted molar refractivity (Wildman–Crippen MR) is 118 cm³/mol. The molecule has 3 rings (SSSR count). The number of anilines is 2. The molecule has 0 unspecified atom stereocenters. The molecule has 0 aliphatic rings. The average Bonchev–Trinajstić information content (AvgIpc) is 2.74. The molecule has 0 fully saturated rings. The summed E-state index contributed by atoms with van der Waals surface area (Å²) >= 11 is 0. The molecule has 30 heavy (non-hydrogen) atoms. The minimum atomic E-state index is -0.337. The Morgan fingerprint density at radius 1 is 0.800 bits per heavy atom. The molecule has 0 atom stereocenters. The van der Waals surface area contributed by atoms with Crippen LogP contribution >= 0.6 is 0 Å². The van der Waals surface area contributed by atoms with Crippen molar-refractivity contribution < 1.29 is 14.4 Å². The van der Waals surface area contributed by atoms with E-state index in [4.69, 9.17) is 0 Å². The van der Waals surface area contributed by atoms with Gasteiger partial charge in [-0.1, -0.05) is 42.5 Å². The van der Waals surface area contributed by atoms with Gasteiger partial charge in [0.2, 0.25) is 11.8 Å². The molecule has 0 radical (unpaired) electrons. The van der Waals surface area contributed by atoms with Gasteiger partial charge < -0.3 is 16.0 Å². The van der Waals surface area contributed by atoms with Crippen LogP contribution in [-0.2, 0) is 9.59 Å². The third-order valence-corrected chi connectivity index (χ3v) is 4.48. The van der Waals surface area contributed by atoms with E-state index in [9.17, 15) is 14.4 Å². The van der Waals surface area contributed by atoms with E-state index in [-0.39, 0.29) is 24.3 Å². The fraction of sp³-hybridized carbons (Fsp3) is 0.125.